The normalized spacial score (nSPS) is 20.9. The highest BCUT2D eigenvalue weighted by Crippen LogP contribution is 2.44. The van der Waals surface area contributed by atoms with Crippen LogP contribution < -0.4 is 10.9 Å². The molecule has 4 fully saturated rings. The van der Waals surface area contributed by atoms with Gasteiger partial charge in [0.25, 0.3) is 11.5 Å². The van der Waals surface area contributed by atoms with E-state index in [1.54, 1.807) is 10.6 Å². The summed E-state index contributed by atoms with van der Waals surface area (Å²) in [5.74, 6) is 0.0409. The van der Waals surface area contributed by atoms with Crippen LogP contribution in [-0.4, -0.2) is 76.1 Å². The number of rotatable bonds is 13. The largest absolute Gasteiger partial charge is 0.392 e. The summed E-state index contributed by atoms with van der Waals surface area (Å²) in [6.07, 6.45) is 7.18. The molecule has 8 rings (SSSR count). The minimum absolute atomic E-state index is 0.00865. The van der Waals surface area contributed by atoms with E-state index in [4.69, 9.17) is 9.72 Å². The molecule has 0 spiro atoms. The number of nitrogens with one attached hydrogen (secondary N) is 1. The Morgan fingerprint density at radius 3 is 2.48 bits per heavy atom. The van der Waals surface area contributed by atoms with Crippen LogP contribution in [0.2, 0.25) is 25.7 Å². The minimum Gasteiger partial charge on any atom is -0.392 e. The summed E-state index contributed by atoms with van der Waals surface area (Å²) < 4.78 is 38.3. The molecule has 1 aliphatic heterocycles. The number of fused-ring (bicyclic) bond motifs is 1. The number of halogens is 2. The third kappa shape index (κ3) is 7.27. The zero-order valence-electron chi connectivity index (χ0n) is 30.3. The molecule has 12 heteroatoms. The van der Waals surface area contributed by atoms with Gasteiger partial charge >= 0.3 is 0 Å². The average Bonchev–Trinajstić information content (AvgIpc) is 4.03. The van der Waals surface area contributed by atoms with E-state index in [9.17, 15) is 23.5 Å². The zero-order valence-corrected chi connectivity index (χ0v) is 31.3. The van der Waals surface area contributed by atoms with E-state index in [0.29, 0.717) is 41.5 Å². The highest BCUT2D eigenvalue weighted by Gasteiger charge is 2.34. The van der Waals surface area contributed by atoms with Crippen LogP contribution in [-0.2, 0) is 18.0 Å². The van der Waals surface area contributed by atoms with Gasteiger partial charge < -0.3 is 24.6 Å². The van der Waals surface area contributed by atoms with Crippen LogP contribution in [0.4, 0.5) is 8.78 Å². The van der Waals surface area contributed by atoms with Crippen LogP contribution in [0, 0.1) is 5.82 Å². The Balaban J connectivity index is 1.24. The summed E-state index contributed by atoms with van der Waals surface area (Å²) in [5, 5.41) is 15.0. The number of ether oxygens (including phenoxy) is 1. The first-order valence-electron chi connectivity index (χ1n) is 19.0. The summed E-state index contributed by atoms with van der Waals surface area (Å²) in [7, 11) is -1.34. The van der Waals surface area contributed by atoms with Crippen molar-refractivity contribution in [1.29, 1.82) is 0 Å². The standard InChI is InChI=1S/C40H49F2N5O4Si/c1-52(2,3)14-13-51-23-47-29(19-43-34-5-4-6-36(34)48)18-31-33(24-7-8-24)22-46(40(50)38(31)47)37-16-26(15-35(44-37)25-9-10-25)30-12-11-27(41)17-32(30)39(49)45-20-28(42)21-45/h11-12,15-18,22,24-25,28,34,36,43,48H,4-10,13-14,19-21,23H2,1-3H3/t34-,36+/m0/s1. The van der Waals surface area contributed by atoms with Crippen molar-refractivity contribution in [3.05, 3.63) is 81.3 Å². The van der Waals surface area contributed by atoms with E-state index in [0.717, 1.165) is 73.3 Å². The second-order valence-corrected chi connectivity index (χ2v) is 22.2. The van der Waals surface area contributed by atoms with Gasteiger partial charge in [-0.15, -0.1) is 0 Å². The summed E-state index contributed by atoms with van der Waals surface area (Å²) in [4.78, 5) is 34.8. The number of nitrogens with zero attached hydrogens (tertiary/aromatic N) is 4. The molecule has 4 aromatic rings. The van der Waals surface area contributed by atoms with Gasteiger partial charge in [0.1, 0.15) is 30.1 Å². The fourth-order valence-electron chi connectivity index (χ4n) is 7.68. The lowest BCUT2D eigenvalue weighted by Gasteiger charge is -2.34. The molecule has 4 heterocycles. The third-order valence-electron chi connectivity index (χ3n) is 11.2. The molecule has 2 N–H and O–H groups in total. The lowest BCUT2D eigenvalue weighted by Crippen LogP contribution is -2.51. The number of alkyl halides is 1. The van der Waals surface area contributed by atoms with Crippen molar-refractivity contribution in [2.24, 2.45) is 0 Å². The van der Waals surface area contributed by atoms with Crippen molar-refractivity contribution in [2.45, 2.75) is 114 Å². The number of likely N-dealkylation sites (tertiary alicyclic amines) is 1. The first-order chi connectivity index (χ1) is 24.9. The van der Waals surface area contributed by atoms with Gasteiger partial charge in [-0.05, 0) is 104 Å². The van der Waals surface area contributed by atoms with Crippen molar-refractivity contribution in [1.82, 2.24) is 24.3 Å². The Labute approximate surface area is 304 Å². The SMILES string of the molecule is C[Si](C)(C)CCOCn1c(CN[C@H]2CCC[C@H]2O)cc2c(C3CC3)cn(-c3cc(-c4ccc(F)cc4C(=O)N4CC(F)C4)cc(C4CC4)n3)c(=O)c21. The summed E-state index contributed by atoms with van der Waals surface area (Å²) in [6, 6.07) is 11.0. The summed E-state index contributed by atoms with van der Waals surface area (Å²) in [6.45, 7) is 8.27. The molecular formula is C40H49F2N5O4Si. The molecule has 276 valence electrons. The smallest absolute Gasteiger partial charge is 0.280 e. The van der Waals surface area contributed by atoms with E-state index >= 15 is 0 Å². The number of carbonyl (C=O) groups excluding carboxylic acids is 1. The van der Waals surface area contributed by atoms with Crippen LogP contribution >= 0.6 is 0 Å². The van der Waals surface area contributed by atoms with Crippen molar-refractivity contribution in [3.63, 3.8) is 0 Å². The number of carbonyl (C=O) groups is 1. The van der Waals surface area contributed by atoms with Crippen LogP contribution in [0.25, 0.3) is 27.8 Å². The third-order valence-corrected chi connectivity index (χ3v) is 12.9. The first-order valence-corrected chi connectivity index (χ1v) is 22.7. The van der Waals surface area contributed by atoms with Gasteiger partial charge in [-0.25, -0.2) is 13.8 Å². The summed E-state index contributed by atoms with van der Waals surface area (Å²) in [5.41, 5.74) is 4.57. The second kappa shape index (κ2) is 13.9. The molecule has 0 bridgehead atoms. The zero-order chi connectivity index (χ0) is 36.3. The molecular weight excluding hydrogens is 681 g/mol. The highest BCUT2D eigenvalue weighted by atomic mass is 28.3. The molecule has 3 aromatic heterocycles. The number of amides is 1. The Kier molecular flexibility index (Phi) is 9.46. The van der Waals surface area contributed by atoms with Gasteiger partial charge in [-0.2, -0.15) is 0 Å². The van der Waals surface area contributed by atoms with Gasteiger partial charge in [-0.3, -0.25) is 14.2 Å². The van der Waals surface area contributed by atoms with Crippen molar-refractivity contribution >= 4 is 24.9 Å². The molecule has 9 nitrogen and oxygen atoms in total. The molecule has 3 saturated carbocycles. The van der Waals surface area contributed by atoms with E-state index < -0.39 is 26.0 Å². The molecule has 0 radical (unpaired) electrons. The molecule has 2 atom stereocenters. The Hall–Kier alpha value is -3.71. The number of pyridine rings is 2. The predicted octanol–water partition coefficient (Wildman–Crippen LogP) is 6.86. The number of benzene rings is 1. The molecule has 1 saturated heterocycles. The molecule has 4 aliphatic rings. The molecule has 1 aromatic carbocycles. The van der Waals surface area contributed by atoms with Gasteiger partial charge in [0.05, 0.1) is 24.8 Å². The predicted molar refractivity (Wildman–Crippen MR) is 200 cm³/mol. The van der Waals surface area contributed by atoms with E-state index in [1.165, 1.54) is 17.0 Å². The second-order valence-electron chi connectivity index (χ2n) is 16.6. The molecule has 1 amide bonds. The van der Waals surface area contributed by atoms with E-state index in [-0.39, 0.29) is 49.0 Å². The van der Waals surface area contributed by atoms with Crippen LogP contribution in [0.5, 0.6) is 0 Å². The Morgan fingerprint density at radius 2 is 1.81 bits per heavy atom. The number of aromatic nitrogens is 3. The van der Waals surface area contributed by atoms with Gasteiger partial charge in [0, 0.05) is 56.2 Å². The first kappa shape index (κ1) is 35.3. The van der Waals surface area contributed by atoms with Crippen LogP contribution in [0.1, 0.15) is 84.1 Å². The maximum absolute atomic E-state index is 14.8. The van der Waals surface area contributed by atoms with Crippen LogP contribution in [0.3, 0.4) is 0 Å². The summed E-state index contributed by atoms with van der Waals surface area (Å²) >= 11 is 0. The number of hydrogen-bond donors (Lipinski definition) is 2. The molecule has 3 aliphatic carbocycles. The molecule has 0 unspecified atom stereocenters. The Morgan fingerprint density at radius 1 is 1.04 bits per heavy atom. The Bertz CT molecular complexity index is 2060. The number of hydrogen-bond acceptors (Lipinski definition) is 6. The number of aliphatic hydroxyl groups excluding tert-OH is 1. The van der Waals surface area contributed by atoms with Gasteiger partial charge in [0.2, 0.25) is 0 Å². The van der Waals surface area contributed by atoms with Crippen molar-refractivity contribution in [2.75, 3.05) is 19.7 Å². The van der Waals surface area contributed by atoms with Crippen molar-refractivity contribution < 1.29 is 23.4 Å². The number of aliphatic hydroxyl groups is 1. The lowest BCUT2D eigenvalue weighted by molar-refractivity contribution is 0.0400. The average molecular weight is 730 g/mol. The maximum atomic E-state index is 14.8. The van der Waals surface area contributed by atoms with E-state index in [2.05, 4.69) is 31.0 Å². The quantitative estimate of drug-likeness (QED) is 0.115. The highest BCUT2D eigenvalue weighted by molar-refractivity contribution is 6.76. The van der Waals surface area contributed by atoms with Gasteiger partial charge in [0.15, 0.2) is 0 Å². The lowest BCUT2D eigenvalue weighted by atomic mass is 9.96. The fourth-order valence-corrected chi connectivity index (χ4v) is 8.43. The van der Waals surface area contributed by atoms with Crippen LogP contribution in [0.15, 0.2) is 47.4 Å². The monoisotopic (exact) mass is 729 g/mol. The van der Waals surface area contributed by atoms with E-state index in [1.807, 2.05) is 22.9 Å². The minimum atomic E-state index is -1.34. The van der Waals surface area contributed by atoms with Gasteiger partial charge in [-0.1, -0.05) is 25.7 Å². The molecule has 52 heavy (non-hydrogen) atoms. The maximum Gasteiger partial charge on any atom is 0.280 e. The topological polar surface area (TPSA) is 102 Å². The van der Waals surface area contributed by atoms with Crippen molar-refractivity contribution in [3.8, 4) is 16.9 Å². The fraction of sp³-hybridized carbons (Fsp3) is 0.525.